The van der Waals surface area contributed by atoms with Gasteiger partial charge >= 0.3 is 0 Å². The predicted octanol–water partition coefficient (Wildman–Crippen LogP) is 3.10. The summed E-state index contributed by atoms with van der Waals surface area (Å²) in [4.78, 5) is 12.4. The number of nitrogens with one attached hydrogen (secondary N) is 1. The second kappa shape index (κ2) is 8.20. The first-order chi connectivity index (χ1) is 12.5. The number of sulfonamides is 1. The SMILES string of the molecule is O=C(NCCc1ccc(S(=O)(=O)N2CCCC2)cc1)c1ccc(Cl)cc1. The molecule has 0 bridgehead atoms. The Balaban J connectivity index is 1.54. The van der Waals surface area contributed by atoms with E-state index in [1.807, 2.05) is 0 Å². The van der Waals surface area contributed by atoms with E-state index in [-0.39, 0.29) is 5.91 Å². The molecule has 7 heteroatoms. The molecule has 1 heterocycles. The van der Waals surface area contributed by atoms with Crippen molar-refractivity contribution in [2.75, 3.05) is 19.6 Å². The van der Waals surface area contributed by atoms with Crippen LogP contribution in [0.1, 0.15) is 28.8 Å². The van der Waals surface area contributed by atoms with Crippen molar-refractivity contribution in [1.82, 2.24) is 9.62 Å². The van der Waals surface area contributed by atoms with Crippen LogP contribution in [-0.4, -0.2) is 38.3 Å². The largest absolute Gasteiger partial charge is 0.352 e. The lowest BCUT2D eigenvalue weighted by Crippen LogP contribution is -2.28. The number of carbonyl (C=O) groups is 1. The van der Waals surface area contributed by atoms with Gasteiger partial charge in [0.05, 0.1) is 4.90 Å². The molecule has 2 aromatic rings. The van der Waals surface area contributed by atoms with Crippen LogP contribution in [0, 0.1) is 0 Å². The van der Waals surface area contributed by atoms with Gasteiger partial charge in [-0.15, -0.1) is 0 Å². The number of halogens is 1. The molecule has 0 radical (unpaired) electrons. The van der Waals surface area contributed by atoms with Gasteiger partial charge in [-0.05, 0) is 61.2 Å². The van der Waals surface area contributed by atoms with Crippen LogP contribution in [0.2, 0.25) is 5.02 Å². The van der Waals surface area contributed by atoms with Crippen LogP contribution in [0.15, 0.2) is 53.4 Å². The molecule has 1 aliphatic heterocycles. The monoisotopic (exact) mass is 392 g/mol. The first-order valence-electron chi connectivity index (χ1n) is 8.60. The van der Waals surface area contributed by atoms with Gasteiger partial charge in [0.15, 0.2) is 0 Å². The smallest absolute Gasteiger partial charge is 0.251 e. The molecule has 3 rings (SSSR count). The van der Waals surface area contributed by atoms with Gasteiger partial charge in [0.25, 0.3) is 5.91 Å². The maximum atomic E-state index is 12.5. The van der Waals surface area contributed by atoms with Crippen LogP contribution in [0.3, 0.4) is 0 Å². The van der Waals surface area contributed by atoms with Crippen LogP contribution in [0.25, 0.3) is 0 Å². The van der Waals surface area contributed by atoms with Gasteiger partial charge < -0.3 is 5.32 Å². The fourth-order valence-corrected chi connectivity index (χ4v) is 4.57. The van der Waals surface area contributed by atoms with E-state index >= 15 is 0 Å². The quantitative estimate of drug-likeness (QED) is 0.821. The molecule has 5 nitrogen and oxygen atoms in total. The molecule has 0 aromatic heterocycles. The minimum absolute atomic E-state index is 0.158. The number of carbonyl (C=O) groups excluding carboxylic acids is 1. The summed E-state index contributed by atoms with van der Waals surface area (Å²) in [6.07, 6.45) is 2.47. The van der Waals surface area contributed by atoms with Gasteiger partial charge in [-0.25, -0.2) is 8.42 Å². The van der Waals surface area contributed by atoms with Crippen LogP contribution in [0.4, 0.5) is 0 Å². The van der Waals surface area contributed by atoms with Crippen molar-refractivity contribution in [1.29, 1.82) is 0 Å². The third kappa shape index (κ3) is 4.44. The zero-order valence-electron chi connectivity index (χ0n) is 14.3. The molecule has 2 aromatic carbocycles. The molecule has 0 saturated carbocycles. The molecule has 0 atom stereocenters. The lowest BCUT2D eigenvalue weighted by Gasteiger charge is -2.15. The maximum absolute atomic E-state index is 12.5. The lowest BCUT2D eigenvalue weighted by atomic mass is 10.1. The van der Waals surface area contributed by atoms with Crippen molar-refractivity contribution in [2.45, 2.75) is 24.2 Å². The molecular formula is C19H21ClN2O3S. The Kier molecular flexibility index (Phi) is 5.96. The van der Waals surface area contributed by atoms with Crippen molar-refractivity contribution >= 4 is 27.5 Å². The molecule has 0 spiro atoms. The third-order valence-corrected chi connectivity index (χ3v) is 6.60. The molecule has 1 N–H and O–H groups in total. The Morgan fingerprint density at radius 1 is 1.00 bits per heavy atom. The minimum atomic E-state index is -3.38. The van der Waals surface area contributed by atoms with E-state index in [9.17, 15) is 13.2 Å². The standard InChI is InChI=1S/C19H21ClN2O3S/c20-17-7-5-16(6-8-17)19(23)21-12-11-15-3-9-18(10-4-15)26(24,25)22-13-1-2-14-22/h3-10H,1-2,11-14H2,(H,21,23). The van der Waals surface area contributed by atoms with Crippen molar-refractivity contribution in [3.8, 4) is 0 Å². The Morgan fingerprint density at radius 2 is 1.62 bits per heavy atom. The number of amides is 1. The highest BCUT2D eigenvalue weighted by Crippen LogP contribution is 2.21. The highest BCUT2D eigenvalue weighted by Gasteiger charge is 2.26. The Morgan fingerprint density at radius 3 is 2.23 bits per heavy atom. The molecule has 26 heavy (non-hydrogen) atoms. The molecule has 1 aliphatic rings. The van der Waals surface area contributed by atoms with E-state index in [1.54, 1.807) is 48.5 Å². The molecule has 1 amide bonds. The third-order valence-electron chi connectivity index (χ3n) is 4.43. The minimum Gasteiger partial charge on any atom is -0.352 e. The van der Waals surface area contributed by atoms with E-state index in [0.717, 1.165) is 18.4 Å². The molecule has 0 aliphatic carbocycles. The maximum Gasteiger partial charge on any atom is 0.251 e. The van der Waals surface area contributed by atoms with Crippen molar-refractivity contribution < 1.29 is 13.2 Å². The summed E-state index contributed by atoms with van der Waals surface area (Å²) < 4.78 is 26.5. The van der Waals surface area contributed by atoms with E-state index in [1.165, 1.54) is 4.31 Å². The van der Waals surface area contributed by atoms with Gasteiger partial charge in [0.2, 0.25) is 10.0 Å². The highest BCUT2D eigenvalue weighted by atomic mass is 35.5. The molecular weight excluding hydrogens is 372 g/mol. The fraction of sp³-hybridized carbons (Fsp3) is 0.316. The second-order valence-corrected chi connectivity index (χ2v) is 8.64. The molecule has 1 saturated heterocycles. The summed E-state index contributed by atoms with van der Waals surface area (Å²) in [5.41, 5.74) is 1.53. The lowest BCUT2D eigenvalue weighted by molar-refractivity contribution is 0.0954. The van der Waals surface area contributed by atoms with E-state index in [2.05, 4.69) is 5.32 Å². The normalized spacial score (nSPS) is 15.1. The predicted molar refractivity (Wildman–Crippen MR) is 102 cm³/mol. The fourth-order valence-electron chi connectivity index (χ4n) is 2.93. The first kappa shape index (κ1) is 18.9. The number of benzene rings is 2. The zero-order chi connectivity index (χ0) is 18.6. The first-order valence-corrected chi connectivity index (χ1v) is 10.4. The second-order valence-electron chi connectivity index (χ2n) is 6.27. The van der Waals surface area contributed by atoms with Crippen molar-refractivity contribution in [2.24, 2.45) is 0 Å². The van der Waals surface area contributed by atoms with Gasteiger partial charge in [0.1, 0.15) is 0 Å². The topological polar surface area (TPSA) is 66.5 Å². The van der Waals surface area contributed by atoms with Crippen molar-refractivity contribution in [3.63, 3.8) is 0 Å². The Bertz CT molecular complexity index is 859. The van der Waals surface area contributed by atoms with Crippen LogP contribution < -0.4 is 5.32 Å². The van der Waals surface area contributed by atoms with Crippen LogP contribution in [-0.2, 0) is 16.4 Å². The zero-order valence-corrected chi connectivity index (χ0v) is 15.9. The number of rotatable bonds is 6. The Hall–Kier alpha value is -1.89. The van der Waals surface area contributed by atoms with E-state index in [4.69, 9.17) is 11.6 Å². The molecule has 138 valence electrons. The van der Waals surface area contributed by atoms with Crippen LogP contribution in [0.5, 0.6) is 0 Å². The van der Waals surface area contributed by atoms with Crippen LogP contribution >= 0.6 is 11.6 Å². The van der Waals surface area contributed by atoms with Crippen molar-refractivity contribution in [3.05, 3.63) is 64.7 Å². The van der Waals surface area contributed by atoms with Gasteiger partial charge in [0, 0.05) is 30.2 Å². The summed E-state index contributed by atoms with van der Waals surface area (Å²) in [6, 6.07) is 13.6. The summed E-state index contributed by atoms with van der Waals surface area (Å²) >= 11 is 5.81. The van der Waals surface area contributed by atoms with Gasteiger partial charge in [-0.1, -0.05) is 23.7 Å². The highest BCUT2D eigenvalue weighted by molar-refractivity contribution is 7.89. The molecule has 0 unspecified atom stereocenters. The summed E-state index contributed by atoms with van der Waals surface area (Å²) in [7, 11) is -3.38. The van der Waals surface area contributed by atoms with E-state index in [0.29, 0.717) is 41.5 Å². The number of hydrogen-bond donors (Lipinski definition) is 1. The summed E-state index contributed by atoms with van der Waals surface area (Å²) in [5.74, 6) is -0.158. The number of nitrogens with zero attached hydrogens (tertiary/aromatic N) is 1. The van der Waals surface area contributed by atoms with Gasteiger partial charge in [-0.2, -0.15) is 4.31 Å². The average Bonchev–Trinajstić information content (AvgIpc) is 3.18. The average molecular weight is 393 g/mol. The number of hydrogen-bond acceptors (Lipinski definition) is 3. The summed E-state index contributed by atoms with van der Waals surface area (Å²) in [5, 5.41) is 3.44. The van der Waals surface area contributed by atoms with Gasteiger partial charge in [-0.3, -0.25) is 4.79 Å². The Labute approximate surface area is 159 Å². The van der Waals surface area contributed by atoms with E-state index < -0.39 is 10.0 Å². The summed E-state index contributed by atoms with van der Waals surface area (Å²) in [6.45, 7) is 1.67. The molecule has 1 fully saturated rings.